The number of amides is 2. The molecule has 2 saturated heterocycles. The van der Waals surface area contributed by atoms with Gasteiger partial charge in [-0.3, -0.25) is 20.2 Å². The summed E-state index contributed by atoms with van der Waals surface area (Å²) >= 11 is 4.59. The molecule has 0 aliphatic carbocycles. The third-order valence-corrected chi connectivity index (χ3v) is 7.29. The van der Waals surface area contributed by atoms with E-state index in [9.17, 15) is 29.8 Å². The molecule has 0 saturated carbocycles. The maximum Gasteiger partial charge on any atom is 0.410 e. The van der Waals surface area contributed by atoms with Crippen molar-refractivity contribution in [2.24, 2.45) is 5.92 Å². The van der Waals surface area contributed by atoms with Crippen LogP contribution >= 0.6 is 12.6 Å². The Labute approximate surface area is 224 Å². The highest BCUT2D eigenvalue weighted by molar-refractivity contribution is 7.81. The molecule has 0 N–H and O–H groups in total. The summed E-state index contributed by atoms with van der Waals surface area (Å²) in [7, 11) is 0. The van der Waals surface area contributed by atoms with Crippen LogP contribution in [0.5, 0.6) is 0 Å². The summed E-state index contributed by atoms with van der Waals surface area (Å²) in [6.07, 6.45) is 1.23. The fourth-order valence-corrected chi connectivity index (χ4v) is 5.25. The molecule has 2 atom stereocenters. The average Bonchev–Trinajstić information content (AvgIpc) is 3.32. The smallest absolute Gasteiger partial charge is 0.410 e. The van der Waals surface area contributed by atoms with E-state index in [-0.39, 0.29) is 41.8 Å². The molecule has 12 nitrogen and oxygen atoms in total. The van der Waals surface area contributed by atoms with Crippen molar-refractivity contribution < 1.29 is 28.9 Å². The number of nitro benzene ring substituents is 2. The Kier molecular flexibility index (Phi) is 8.66. The molecule has 2 heterocycles. The number of nitro groups is 2. The fraction of sp³-hybridized carbons (Fsp3) is 0.440. The Hall–Kier alpha value is -3.87. The van der Waals surface area contributed by atoms with E-state index in [1.807, 2.05) is 0 Å². The van der Waals surface area contributed by atoms with Crippen LogP contribution in [0.25, 0.3) is 0 Å². The van der Waals surface area contributed by atoms with Crippen molar-refractivity contribution >= 4 is 36.2 Å². The summed E-state index contributed by atoms with van der Waals surface area (Å²) in [5.74, 6) is 0.179. The van der Waals surface area contributed by atoms with Crippen molar-refractivity contribution in [2.75, 3.05) is 19.6 Å². The van der Waals surface area contributed by atoms with E-state index in [0.29, 0.717) is 43.6 Å². The molecule has 202 valence electrons. The molecule has 0 aromatic heterocycles. The molecule has 13 heteroatoms. The van der Waals surface area contributed by atoms with Gasteiger partial charge in [0.15, 0.2) is 0 Å². The van der Waals surface area contributed by atoms with Gasteiger partial charge in [0.05, 0.1) is 9.85 Å². The standard InChI is InChI=1S/C25H28N4O8S/c30-24(36-15-17-1-5-20(6-2-17)28(32)33)26-11-9-19(10-12-26)23-13-22(38)14-27(23)25(31)37-16-18-3-7-21(8-4-18)29(34)35/h1-8,19,22-23,38H,9-16H2/t22-,23-/m0/s1. The van der Waals surface area contributed by atoms with Gasteiger partial charge in [0.2, 0.25) is 0 Å². The SMILES string of the molecule is O=C(OCc1ccc([N+](=O)[O-])cc1)N1CCC([C@@H]2C[C@H](S)CN2C(=O)OCc2ccc([N+](=O)[O-])cc2)CC1. The van der Waals surface area contributed by atoms with Crippen molar-refractivity contribution in [2.45, 2.75) is 43.8 Å². The van der Waals surface area contributed by atoms with Gasteiger partial charge < -0.3 is 19.3 Å². The van der Waals surface area contributed by atoms with E-state index < -0.39 is 22.0 Å². The van der Waals surface area contributed by atoms with Gasteiger partial charge in [-0.2, -0.15) is 12.6 Å². The maximum absolute atomic E-state index is 12.9. The first-order valence-electron chi connectivity index (χ1n) is 12.2. The average molecular weight is 545 g/mol. The van der Waals surface area contributed by atoms with Gasteiger partial charge in [0.25, 0.3) is 11.4 Å². The predicted octanol–water partition coefficient (Wildman–Crippen LogP) is 4.56. The van der Waals surface area contributed by atoms with Gasteiger partial charge in [-0.05, 0) is 60.6 Å². The minimum Gasteiger partial charge on any atom is -0.445 e. The summed E-state index contributed by atoms with van der Waals surface area (Å²) in [5, 5.41) is 21.6. The lowest BCUT2D eigenvalue weighted by atomic mass is 9.88. The zero-order valence-corrected chi connectivity index (χ0v) is 21.4. The number of likely N-dealkylation sites (tertiary alicyclic amines) is 2. The Morgan fingerprint density at radius 1 is 0.842 bits per heavy atom. The highest BCUT2D eigenvalue weighted by Crippen LogP contribution is 2.34. The minimum atomic E-state index is -0.486. The molecule has 4 rings (SSSR count). The summed E-state index contributed by atoms with van der Waals surface area (Å²) in [4.78, 5) is 49.4. The first kappa shape index (κ1) is 27.2. The minimum absolute atomic E-state index is 0.0102. The van der Waals surface area contributed by atoms with Crippen LogP contribution in [0.3, 0.4) is 0 Å². The zero-order chi connectivity index (χ0) is 27.2. The molecule has 0 radical (unpaired) electrons. The van der Waals surface area contributed by atoms with E-state index in [1.54, 1.807) is 34.1 Å². The number of carbonyl (C=O) groups is 2. The molecular formula is C25H28N4O8S. The summed E-state index contributed by atoms with van der Waals surface area (Å²) in [6, 6.07) is 11.7. The molecule has 0 bridgehead atoms. The molecule has 2 aromatic carbocycles. The summed E-state index contributed by atoms with van der Waals surface area (Å²) in [5.41, 5.74) is 1.26. The number of rotatable bonds is 7. The van der Waals surface area contributed by atoms with Crippen LogP contribution in [-0.4, -0.2) is 62.8 Å². The van der Waals surface area contributed by atoms with Crippen LogP contribution in [0.4, 0.5) is 21.0 Å². The van der Waals surface area contributed by atoms with Gasteiger partial charge in [-0.25, -0.2) is 9.59 Å². The lowest BCUT2D eigenvalue weighted by Crippen LogP contribution is -2.46. The molecule has 2 aliphatic heterocycles. The highest BCUT2D eigenvalue weighted by Gasteiger charge is 2.41. The number of benzene rings is 2. The van der Waals surface area contributed by atoms with Gasteiger partial charge in [-0.15, -0.1) is 0 Å². The van der Waals surface area contributed by atoms with Gasteiger partial charge >= 0.3 is 12.2 Å². The monoisotopic (exact) mass is 544 g/mol. The number of piperidine rings is 1. The summed E-state index contributed by atoms with van der Waals surface area (Å²) in [6.45, 7) is 1.47. The normalized spacial score (nSPS) is 19.7. The van der Waals surface area contributed by atoms with Gasteiger partial charge in [0, 0.05) is 55.2 Å². The Morgan fingerprint density at radius 3 is 1.79 bits per heavy atom. The first-order chi connectivity index (χ1) is 18.2. The third kappa shape index (κ3) is 6.71. The van der Waals surface area contributed by atoms with Crippen LogP contribution in [0.15, 0.2) is 48.5 Å². The van der Waals surface area contributed by atoms with Crippen LogP contribution in [0.1, 0.15) is 30.4 Å². The second-order valence-electron chi connectivity index (χ2n) is 9.39. The molecule has 2 amide bonds. The number of carbonyl (C=O) groups excluding carboxylic acids is 2. The number of hydrogen-bond donors (Lipinski definition) is 1. The molecule has 0 unspecified atom stereocenters. The topological polar surface area (TPSA) is 145 Å². The number of hydrogen-bond acceptors (Lipinski definition) is 9. The predicted molar refractivity (Wildman–Crippen MR) is 139 cm³/mol. The van der Waals surface area contributed by atoms with Crippen LogP contribution in [0, 0.1) is 26.1 Å². The first-order valence-corrected chi connectivity index (χ1v) is 12.7. The van der Waals surface area contributed by atoms with Crippen molar-refractivity contribution in [3.05, 3.63) is 79.9 Å². The molecule has 2 aliphatic rings. The van der Waals surface area contributed by atoms with Gasteiger partial charge in [0.1, 0.15) is 13.2 Å². The van der Waals surface area contributed by atoms with Crippen molar-refractivity contribution in [1.82, 2.24) is 9.80 Å². The fourth-order valence-electron chi connectivity index (χ4n) is 4.86. The van der Waals surface area contributed by atoms with Crippen LogP contribution in [0.2, 0.25) is 0 Å². The lowest BCUT2D eigenvalue weighted by molar-refractivity contribution is -0.385. The van der Waals surface area contributed by atoms with Crippen LogP contribution in [-0.2, 0) is 22.7 Å². The zero-order valence-electron chi connectivity index (χ0n) is 20.5. The van der Waals surface area contributed by atoms with Gasteiger partial charge in [-0.1, -0.05) is 0 Å². The second kappa shape index (κ2) is 12.1. The molecule has 38 heavy (non-hydrogen) atoms. The van der Waals surface area contributed by atoms with E-state index in [1.165, 1.54) is 24.3 Å². The number of ether oxygens (including phenoxy) is 2. The Balaban J connectivity index is 1.25. The van der Waals surface area contributed by atoms with Crippen molar-refractivity contribution in [3.8, 4) is 0 Å². The Morgan fingerprint density at radius 2 is 1.32 bits per heavy atom. The molecule has 0 spiro atoms. The van der Waals surface area contributed by atoms with E-state index in [4.69, 9.17) is 9.47 Å². The van der Waals surface area contributed by atoms with Crippen molar-refractivity contribution in [1.29, 1.82) is 0 Å². The van der Waals surface area contributed by atoms with E-state index in [2.05, 4.69) is 12.6 Å². The molecule has 2 aromatic rings. The number of nitrogens with zero attached hydrogens (tertiary/aromatic N) is 4. The second-order valence-corrected chi connectivity index (χ2v) is 10.1. The number of non-ortho nitro benzene ring substituents is 2. The Bertz CT molecular complexity index is 1170. The molecular weight excluding hydrogens is 516 g/mol. The van der Waals surface area contributed by atoms with E-state index in [0.717, 1.165) is 6.42 Å². The van der Waals surface area contributed by atoms with E-state index >= 15 is 0 Å². The maximum atomic E-state index is 12.9. The summed E-state index contributed by atoms with van der Waals surface area (Å²) < 4.78 is 10.9. The largest absolute Gasteiger partial charge is 0.445 e. The molecule has 2 fully saturated rings. The number of thiol groups is 1. The van der Waals surface area contributed by atoms with Crippen LogP contribution < -0.4 is 0 Å². The lowest BCUT2D eigenvalue weighted by Gasteiger charge is -2.37. The van der Waals surface area contributed by atoms with Crippen molar-refractivity contribution in [3.63, 3.8) is 0 Å². The highest BCUT2D eigenvalue weighted by atomic mass is 32.1. The third-order valence-electron chi connectivity index (χ3n) is 6.92. The quantitative estimate of drug-likeness (QED) is 0.303.